The van der Waals surface area contributed by atoms with E-state index in [2.05, 4.69) is 17.4 Å². The van der Waals surface area contributed by atoms with Crippen molar-refractivity contribution in [1.82, 2.24) is 0 Å². The lowest BCUT2D eigenvalue weighted by atomic mass is 10.0. The lowest BCUT2D eigenvalue weighted by Crippen LogP contribution is -2.23. The van der Waals surface area contributed by atoms with Gasteiger partial charge in [-0.1, -0.05) is 35.9 Å². The van der Waals surface area contributed by atoms with Crippen LogP contribution in [0.25, 0.3) is 0 Å². The fraction of sp³-hybridized carbons (Fsp3) is 0.188. The first-order chi connectivity index (χ1) is 8.99. The molecule has 0 aliphatic heterocycles. The average Bonchev–Trinajstić information content (AvgIpc) is 2.34. The Bertz CT molecular complexity index is 609. The Morgan fingerprint density at radius 1 is 1.05 bits per heavy atom. The second kappa shape index (κ2) is 5.14. The van der Waals surface area contributed by atoms with Crippen LogP contribution in [-0.4, -0.2) is 5.97 Å². The summed E-state index contributed by atoms with van der Waals surface area (Å²) in [6.45, 7) is 6.05. The number of nitrogens with one attached hydrogen (secondary N) is 1. The summed E-state index contributed by atoms with van der Waals surface area (Å²) in [6.07, 6.45) is 0. The molecule has 2 rings (SSSR count). The molecule has 0 radical (unpaired) electrons. The van der Waals surface area contributed by atoms with Crippen LogP contribution in [0.5, 0.6) is 0 Å². The van der Waals surface area contributed by atoms with E-state index in [1.807, 2.05) is 20.8 Å². The molecule has 0 aliphatic rings. The van der Waals surface area contributed by atoms with Crippen LogP contribution in [0.1, 0.15) is 27.0 Å². The monoisotopic (exact) mass is 254 g/mol. The molecule has 1 N–H and O–H groups in total. The van der Waals surface area contributed by atoms with Gasteiger partial charge in [0.1, 0.15) is 0 Å². The quantitative estimate of drug-likeness (QED) is 0.916. The second-order valence-corrected chi connectivity index (χ2v) is 4.73. The molecule has 2 aromatic rings. The fourth-order valence-electron chi connectivity index (χ4n) is 2.28. The molecule has 0 aliphatic carbocycles. The van der Waals surface area contributed by atoms with E-state index in [-0.39, 0.29) is 5.56 Å². The van der Waals surface area contributed by atoms with Crippen LogP contribution in [0.4, 0.5) is 11.4 Å². The maximum absolute atomic E-state index is 11.1. The molecule has 0 saturated carbocycles. The van der Waals surface area contributed by atoms with Gasteiger partial charge < -0.3 is 15.2 Å². The van der Waals surface area contributed by atoms with E-state index < -0.39 is 5.97 Å². The summed E-state index contributed by atoms with van der Waals surface area (Å²) in [7, 11) is 0. The third-order valence-corrected chi connectivity index (χ3v) is 3.08. The highest BCUT2D eigenvalue weighted by atomic mass is 16.4. The van der Waals surface area contributed by atoms with E-state index in [0.29, 0.717) is 5.69 Å². The summed E-state index contributed by atoms with van der Waals surface area (Å²) in [5.41, 5.74) is 5.03. The number of rotatable bonds is 3. The molecule has 0 spiro atoms. The van der Waals surface area contributed by atoms with Crippen LogP contribution in [0, 0.1) is 20.8 Å². The molecule has 3 nitrogen and oxygen atoms in total. The van der Waals surface area contributed by atoms with Crippen LogP contribution in [0.3, 0.4) is 0 Å². The van der Waals surface area contributed by atoms with Crippen LogP contribution >= 0.6 is 0 Å². The summed E-state index contributed by atoms with van der Waals surface area (Å²) in [6, 6.07) is 10.9. The minimum atomic E-state index is -1.18. The first-order valence-electron chi connectivity index (χ1n) is 6.14. The highest BCUT2D eigenvalue weighted by molar-refractivity contribution is 5.94. The van der Waals surface area contributed by atoms with Gasteiger partial charge in [-0.3, -0.25) is 0 Å². The summed E-state index contributed by atoms with van der Waals surface area (Å²) >= 11 is 0. The molecule has 98 valence electrons. The van der Waals surface area contributed by atoms with Crippen molar-refractivity contribution < 1.29 is 9.90 Å². The third-order valence-electron chi connectivity index (χ3n) is 3.08. The summed E-state index contributed by atoms with van der Waals surface area (Å²) in [5.74, 6) is -1.18. The summed E-state index contributed by atoms with van der Waals surface area (Å²) in [5, 5.41) is 14.3. The summed E-state index contributed by atoms with van der Waals surface area (Å²) in [4.78, 5) is 11.1. The number of benzene rings is 2. The van der Waals surface area contributed by atoms with Crippen LogP contribution in [0.15, 0.2) is 36.4 Å². The zero-order valence-electron chi connectivity index (χ0n) is 11.3. The molecule has 0 saturated heterocycles. The normalized spacial score (nSPS) is 10.3. The van der Waals surface area contributed by atoms with Crippen molar-refractivity contribution in [2.24, 2.45) is 0 Å². The molecule has 0 heterocycles. The number of para-hydroxylation sites is 1. The number of aryl methyl sites for hydroxylation is 3. The Labute approximate surface area is 112 Å². The van der Waals surface area contributed by atoms with E-state index in [1.54, 1.807) is 18.2 Å². The van der Waals surface area contributed by atoms with Gasteiger partial charge in [0.05, 0.1) is 5.97 Å². The third kappa shape index (κ3) is 2.76. The molecule has 0 aromatic heterocycles. The van der Waals surface area contributed by atoms with Crippen molar-refractivity contribution in [3.05, 3.63) is 58.7 Å². The standard InChI is InChI=1S/C16H17NO2/c1-10-8-11(2)15(12(3)9-10)17-14-7-5-4-6-13(14)16(18)19/h4-9,17H,1-3H3,(H,18,19)/p-1. The van der Waals surface area contributed by atoms with Crippen molar-refractivity contribution in [1.29, 1.82) is 0 Å². The first-order valence-corrected chi connectivity index (χ1v) is 6.14. The molecular formula is C16H16NO2-. The van der Waals surface area contributed by atoms with Crippen LogP contribution < -0.4 is 10.4 Å². The van der Waals surface area contributed by atoms with E-state index in [4.69, 9.17) is 0 Å². The number of anilines is 2. The Hall–Kier alpha value is -2.29. The molecular weight excluding hydrogens is 238 g/mol. The predicted octanol–water partition coefficient (Wildman–Crippen LogP) is 2.72. The lowest BCUT2D eigenvalue weighted by Gasteiger charge is -2.17. The Balaban J connectivity index is 2.45. The fourth-order valence-corrected chi connectivity index (χ4v) is 2.28. The van der Waals surface area contributed by atoms with Crippen molar-refractivity contribution in [3.63, 3.8) is 0 Å². The van der Waals surface area contributed by atoms with Gasteiger partial charge in [-0.25, -0.2) is 0 Å². The zero-order valence-corrected chi connectivity index (χ0v) is 11.3. The van der Waals surface area contributed by atoms with Gasteiger partial charge in [0, 0.05) is 16.9 Å². The lowest BCUT2D eigenvalue weighted by molar-refractivity contribution is -0.254. The van der Waals surface area contributed by atoms with Gasteiger partial charge in [-0.2, -0.15) is 0 Å². The van der Waals surface area contributed by atoms with E-state index in [1.165, 1.54) is 11.6 Å². The topological polar surface area (TPSA) is 52.2 Å². The van der Waals surface area contributed by atoms with Gasteiger partial charge >= 0.3 is 0 Å². The maximum Gasteiger partial charge on any atom is 0.0736 e. The van der Waals surface area contributed by atoms with E-state index >= 15 is 0 Å². The van der Waals surface area contributed by atoms with Crippen molar-refractivity contribution in [2.45, 2.75) is 20.8 Å². The van der Waals surface area contributed by atoms with Crippen LogP contribution in [-0.2, 0) is 0 Å². The first kappa shape index (κ1) is 13.1. The summed E-state index contributed by atoms with van der Waals surface area (Å²) < 4.78 is 0. The second-order valence-electron chi connectivity index (χ2n) is 4.73. The Morgan fingerprint density at radius 2 is 1.63 bits per heavy atom. The number of carbonyl (C=O) groups is 1. The number of hydrogen-bond acceptors (Lipinski definition) is 3. The Morgan fingerprint density at radius 3 is 2.21 bits per heavy atom. The number of hydrogen-bond donors (Lipinski definition) is 1. The molecule has 0 amide bonds. The highest BCUT2D eigenvalue weighted by Crippen LogP contribution is 2.27. The Kier molecular flexibility index (Phi) is 3.56. The van der Waals surface area contributed by atoms with Crippen molar-refractivity contribution >= 4 is 17.3 Å². The van der Waals surface area contributed by atoms with E-state index in [9.17, 15) is 9.90 Å². The van der Waals surface area contributed by atoms with Crippen LogP contribution in [0.2, 0.25) is 0 Å². The molecule has 2 aromatic carbocycles. The van der Waals surface area contributed by atoms with Gasteiger partial charge in [0.25, 0.3) is 0 Å². The number of carboxylic acids is 1. The van der Waals surface area contributed by atoms with Crippen molar-refractivity contribution in [2.75, 3.05) is 5.32 Å². The zero-order chi connectivity index (χ0) is 14.0. The largest absolute Gasteiger partial charge is 0.545 e. The van der Waals surface area contributed by atoms with Crippen molar-refractivity contribution in [3.8, 4) is 0 Å². The smallest absolute Gasteiger partial charge is 0.0736 e. The SMILES string of the molecule is Cc1cc(C)c(Nc2ccccc2C(=O)[O-])c(C)c1. The number of carbonyl (C=O) groups excluding carboxylic acids is 1. The molecule has 0 bridgehead atoms. The maximum atomic E-state index is 11.1. The predicted molar refractivity (Wildman–Crippen MR) is 74.7 cm³/mol. The van der Waals surface area contributed by atoms with E-state index in [0.717, 1.165) is 16.8 Å². The van der Waals surface area contributed by atoms with Gasteiger partial charge in [-0.15, -0.1) is 0 Å². The molecule has 19 heavy (non-hydrogen) atoms. The highest BCUT2D eigenvalue weighted by Gasteiger charge is 2.07. The van der Waals surface area contributed by atoms with Gasteiger partial charge in [-0.05, 0) is 38.0 Å². The van der Waals surface area contributed by atoms with Gasteiger partial charge in [0.15, 0.2) is 0 Å². The number of carboxylic acid groups (broad SMARTS) is 1. The molecule has 0 fully saturated rings. The average molecular weight is 254 g/mol. The molecule has 3 heteroatoms. The van der Waals surface area contributed by atoms with Gasteiger partial charge in [0.2, 0.25) is 0 Å². The molecule has 0 unspecified atom stereocenters. The number of aromatic carboxylic acids is 1. The minimum Gasteiger partial charge on any atom is -0.545 e. The molecule has 0 atom stereocenters. The minimum absolute atomic E-state index is 0.168.